The van der Waals surface area contributed by atoms with Crippen LogP contribution in [-0.2, 0) is 4.79 Å². The van der Waals surface area contributed by atoms with Crippen LogP contribution in [0.1, 0.15) is 62.4 Å². The molecule has 4 rings (SSSR count). The molecule has 1 saturated heterocycles. The van der Waals surface area contributed by atoms with Crippen LogP contribution >= 0.6 is 11.6 Å². The van der Waals surface area contributed by atoms with Crippen molar-refractivity contribution in [3.05, 3.63) is 95.0 Å². The second kappa shape index (κ2) is 14.7. The predicted molar refractivity (Wildman–Crippen MR) is 163 cm³/mol. The van der Waals surface area contributed by atoms with Crippen LogP contribution in [0.2, 0.25) is 5.02 Å². The Morgan fingerprint density at radius 2 is 1.81 bits per heavy atom. The highest BCUT2D eigenvalue weighted by Crippen LogP contribution is 2.35. The summed E-state index contributed by atoms with van der Waals surface area (Å²) in [4.78, 5) is 30.8. The van der Waals surface area contributed by atoms with Crippen molar-refractivity contribution in [1.82, 2.24) is 20.0 Å². The average Bonchev–Trinajstić information content (AvgIpc) is 3.45. The molecule has 43 heavy (non-hydrogen) atoms. The largest absolute Gasteiger partial charge is 0.415 e. The Morgan fingerprint density at radius 1 is 1.09 bits per heavy atom. The topological polar surface area (TPSA) is 99.4 Å². The molecule has 0 bridgehead atoms. The summed E-state index contributed by atoms with van der Waals surface area (Å²) < 4.78 is 19.0. The zero-order valence-corrected chi connectivity index (χ0v) is 25.1. The molecule has 1 fully saturated rings. The van der Waals surface area contributed by atoms with Gasteiger partial charge < -0.3 is 14.5 Å². The second-order valence-electron chi connectivity index (χ2n) is 10.6. The van der Waals surface area contributed by atoms with Gasteiger partial charge in [0.25, 0.3) is 0 Å². The van der Waals surface area contributed by atoms with Gasteiger partial charge in [0.1, 0.15) is 17.6 Å². The van der Waals surface area contributed by atoms with Gasteiger partial charge in [-0.1, -0.05) is 43.7 Å². The normalized spacial score (nSPS) is 16.8. The fourth-order valence-corrected chi connectivity index (χ4v) is 5.66. The van der Waals surface area contributed by atoms with Crippen LogP contribution in [0.25, 0.3) is 5.57 Å². The van der Waals surface area contributed by atoms with E-state index in [2.05, 4.69) is 23.7 Å². The summed E-state index contributed by atoms with van der Waals surface area (Å²) in [6, 6.07) is 17.7. The van der Waals surface area contributed by atoms with Crippen LogP contribution in [0, 0.1) is 23.1 Å². The molecule has 2 aromatic carbocycles. The van der Waals surface area contributed by atoms with Crippen LogP contribution in [0.5, 0.6) is 5.75 Å². The van der Waals surface area contributed by atoms with E-state index < -0.39 is 11.9 Å². The molecule has 0 saturated carbocycles. The van der Waals surface area contributed by atoms with Crippen molar-refractivity contribution in [3.8, 4) is 11.8 Å². The van der Waals surface area contributed by atoms with Gasteiger partial charge in [0, 0.05) is 36.5 Å². The number of likely N-dealkylation sites (tertiary alicyclic amines) is 1. The monoisotopic (exact) mass is 603 g/mol. The lowest BCUT2D eigenvalue weighted by molar-refractivity contribution is -0.135. The van der Waals surface area contributed by atoms with Gasteiger partial charge in [0.2, 0.25) is 5.91 Å². The van der Waals surface area contributed by atoms with E-state index in [4.69, 9.17) is 21.6 Å². The van der Waals surface area contributed by atoms with Crippen molar-refractivity contribution >= 4 is 29.2 Å². The first kappa shape index (κ1) is 31.6. The van der Waals surface area contributed by atoms with E-state index in [9.17, 15) is 14.0 Å². The lowest BCUT2D eigenvalue weighted by atomic mass is 9.93. The first-order valence-corrected chi connectivity index (χ1v) is 14.8. The van der Waals surface area contributed by atoms with Crippen LogP contribution in [-0.4, -0.2) is 57.7 Å². The molecule has 1 aliphatic heterocycles. The van der Waals surface area contributed by atoms with Gasteiger partial charge in [0.15, 0.2) is 5.69 Å². The van der Waals surface area contributed by atoms with E-state index in [0.717, 1.165) is 17.6 Å². The van der Waals surface area contributed by atoms with Crippen molar-refractivity contribution in [1.29, 1.82) is 5.26 Å². The van der Waals surface area contributed by atoms with Crippen molar-refractivity contribution in [3.63, 3.8) is 0 Å². The fourth-order valence-electron chi connectivity index (χ4n) is 5.54. The highest BCUT2D eigenvalue weighted by Gasteiger charge is 2.42. The summed E-state index contributed by atoms with van der Waals surface area (Å²) in [5.74, 6) is -0.541. The Bertz CT molecular complexity index is 1460. The Hall–Kier alpha value is -4.29. The number of nitriles is 1. The Labute approximate surface area is 256 Å². The van der Waals surface area contributed by atoms with Crippen molar-refractivity contribution in [2.45, 2.75) is 51.5 Å². The lowest BCUT2D eigenvalue weighted by Crippen LogP contribution is -2.46. The third kappa shape index (κ3) is 7.96. The quantitative estimate of drug-likeness (QED) is 0.237. The summed E-state index contributed by atoms with van der Waals surface area (Å²) in [7, 11) is 0. The first-order valence-electron chi connectivity index (χ1n) is 14.4. The molecule has 3 atom stereocenters. The number of hydrogen-bond donors (Lipinski definition) is 0. The fraction of sp³-hybridized carbons (Fsp3) is 0.364. The summed E-state index contributed by atoms with van der Waals surface area (Å²) in [5, 5.41) is 17.6. The van der Waals surface area contributed by atoms with Gasteiger partial charge in [-0.05, 0) is 85.9 Å². The van der Waals surface area contributed by atoms with E-state index in [1.807, 2.05) is 42.2 Å². The van der Waals surface area contributed by atoms with Gasteiger partial charge in [-0.2, -0.15) is 5.26 Å². The standard InChI is InChI=1S/C33H35ClFN5O3/c1-4-6-24(8-7-22(3)30-18-15-27(19-36)37-38-30)32(41)39-20-29(23-9-11-25(34)12-10-23)31(21-39)40(5-2)33(42)43-28-16-13-26(35)14-17-28/h9-18,24,29,31H,3-8,20-21H2,1-2H3/t24?,29-,31+/m0/s1. The lowest BCUT2D eigenvalue weighted by Gasteiger charge is -2.31. The van der Waals surface area contributed by atoms with E-state index in [1.165, 1.54) is 24.3 Å². The van der Waals surface area contributed by atoms with Crippen LogP contribution in [0.3, 0.4) is 0 Å². The number of amides is 2. The summed E-state index contributed by atoms with van der Waals surface area (Å²) in [6.07, 6.45) is 2.13. The van der Waals surface area contributed by atoms with Gasteiger partial charge >= 0.3 is 6.09 Å². The molecule has 3 aromatic rings. The third-order valence-corrected chi connectivity index (χ3v) is 8.07. The number of benzene rings is 2. The zero-order valence-electron chi connectivity index (χ0n) is 24.4. The van der Waals surface area contributed by atoms with Crippen LogP contribution in [0.15, 0.2) is 67.2 Å². The van der Waals surface area contributed by atoms with Gasteiger partial charge in [-0.3, -0.25) is 4.79 Å². The summed E-state index contributed by atoms with van der Waals surface area (Å²) in [5.41, 5.74) is 2.56. The molecule has 0 radical (unpaired) electrons. The summed E-state index contributed by atoms with van der Waals surface area (Å²) >= 11 is 6.17. The molecule has 10 heteroatoms. The first-order chi connectivity index (χ1) is 20.7. The van der Waals surface area contributed by atoms with E-state index >= 15 is 0 Å². The summed E-state index contributed by atoms with van der Waals surface area (Å²) in [6.45, 7) is 9.20. The molecular weight excluding hydrogens is 569 g/mol. The Morgan fingerprint density at radius 3 is 2.42 bits per heavy atom. The van der Waals surface area contributed by atoms with E-state index in [1.54, 1.807) is 17.0 Å². The second-order valence-corrected chi connectivity index (χ2v) is 11.1. The Balaban J connectivity index is 1.52. The smallest absolute Gasteiger partial charge is 0.410 e. The SMILES string of the molecule is C=C(CCC(CCC)C(=O)N1C[C@@H](N(CC)C(=O)Oc2ccc(F)cc2)[C@H](c2ccc(Cl)cc2)C1)c1ccc(C#N)nn1. The van der Waals surface area contributed by atoms with Crippen molar-refractivity contribution in [2.75, 3.05) is 19.6 Å². The van der Waals surface area contributed by atoms with Crippen molar-refractivity contribution < 1.29 is 18.7 Å². The third-order valence-electron chi connectivity index (χ3n) is 7.82. The highest BCUT2D eigenvalue weighted by molar-refractivity contribution is 6.30. The number of allylic oxidation sites excluding steroid dienone is 1. The number of aromatic nitrogens is 2. The highest BCUT2D eigenvalue weighted by atomic mass is 35.5. The maximum Gasteiger partial charge on any atom is 0.415 e. The number of carbonyl (C=O) groups excluding carboxylic acids is 2. The molecule has 1 unspecified atom stereocenters. The molecule has 0 N–H and O–H groups in total. The van der Waals surface area contributed by atoms with Crippen molar-refractivity contribution in [2.24, 2.45) is 5.92 Å². The molecule has 2 amide bonds. The molecular formula is C33H35ClFN5O3. The molecule has 224 valence electrons. The van der Waals surface area contributed by atoms with Gasteiger partial charge in [-0.25, -0.2) is 9.18 Å². The minimum Gasteiger partial charge on any atom is -0.410 e. The molecule has 0 aliphatic carbocycles. The molecule has 1 aromatic heterocycles. The van der Waals surface area contributed by atoms with Crippen LogP contribution in [0.4, 0.5) is 9.18 Å². The number of rotatable bonds is 11. The number of nitrogens with zero attached hydrogens (tertiary/aromatic N) is 5. The minimum absolute atomic E-state index is 0.0324. The molecule has 0 spiro atoms. The maximum absolute atomic E-state index is 14.0. The maximum atomic E-state index is 14.0. The van der Waals surface area contributed by atoms with E-state index in [0.29, 0.717) is 49.6 Å². The number of ether oxygens (including phenoxy) is 1. The predicted octanol–water partition coefficient (Wildman–Crippen LogP) is 6.87. The van der Waals surface area contributed by atoms with E-state index in [-0.39, 0.29) is 35.2 Å². The van der Waals surface area contributed by atoms with Gasteiger partial charge in [-0.15, -0.1) is 10.2 Å². The molecule has 2 heterocycles. The number of halogens is 2. The Kier molecular flexibility index (Phi) is 10.8. The molecule has 8 nitrogen and oxygen atoms in total. The average molecular weight is 604 g/mol. The number of hydrogen-bond acceptors (Lipinski definition) is 6. The minimum atomic E-state index is -0.558. The zero-order chi connectivity index (χ0) is 30.9. The number of carbonyl (C=O) groups is 2. The van der Waals surface area contributed by atoms with Crippen LogP contribution < -0.4 is 4.74 Å². The van der Waals surface area contributed by atoms with Gasteiger partial charge in [0.05, 0.1) is 11.7 Å². The number of likely N-dealkylation sites (N-methyl/N-ethyl adjacent to an activating group) is 1. The molecule has 1 aliphatic rings.